The molecule has 0 saturated carbocycles. The van der Waals surface area contributed by atoms with E-state index in [1.165, 1.54) is 0 Å². The molecule has 2 heterocycles. The van der Waals surface area contributed by atoms with Gasteiger partial charge in [0.25, 0.3) is 0 Å². The van der Waals surface area contributed by atoms with Crippen LogP contribution in [0.5, 0.6) is 0 Å². The number of aliphatic hydroxyl groups is 1. The molecule has 18 heavy (non-hydrogen) atoms. The molecule has 0 saturated heterocycles. The van der Waals surface area contributed by atoms with Crippen LogP contribution in [0.15, 0.2) is 24.4 Å². The Kier molecular flexibility index (Phi) is 3.84. The van der Waals surface area contributed by atoms with Gasteiger partial charge in [-0.3, -0.25) is 0 Å². The van der Waals surface area contributed by atoms with Crippen molar-refractivity contribution in [3.05, 3.63) is 30.1 Å². The SMILES string of the molecule is CNCc1c(N(C)C(C)CO)nc2ccccn12. The summed E-state index contributed by atoms with van der Waals surface area (Å²) in [6, 6.07) is 6.00. The molecule has 5 heteroatoms. The van der Waals surface area contributed by atoms with E-state index in [1.54, 1.807) is 0 Å². The van der Waals surface area contributed by atoms with E-state index in [0.29, 0.717) is 0 Å². The molecule has 0 aliphatic carbocycles. The van der Waals surface area contributed by atoms with Gasteiger partial charge in [0.2, 0.25) is 0 Å². The lowest BCUT2D eigenvalue weighted by Gasteiger charge is -2.24. The molecular formula is C13H20N4O. The van der Waals surface area contributed by atoms with Crippen molar-refractivity contribution in [3.8, 4) is 0 Å². The molecule has 0 aliphatic heterocycles. The number of aromatic nitrogens is 2. The average Bonchev–Trinajstić information content (AvgIpc) is 2.76. The van der Waals surface area contributed by atoms with Crippen LogP contribution in [0.3, 0.4) is 0 Å². The molecule has 2 aromatic heterocycles. The van der Waals surface area contributed by atoms with Crippen LogP contribution in [-0.4, -0.2) is 41.2 Å². The predicted octanol–water partition coefficient (Wildman–Crippen LogP) is 0.871. The second kappa shape index (κ2) is 5.37. The van der Waals surface area contributed by atoms with Crippen LogP contribution in [0.2, 0.25) is 0 Å². The minimum Gasteiger partial charge on any atom is -0.394 e. The predicted molar refractivity (Wildman–Crippen MR) is 72.9 cm³/mol. The number of rotatable bonds is 5. The van der Waals surface area contributed by atoms with Crippen molar-refractivity contribution in [1.29, 1.82) is 0 Å². The largest absolute Gasteiger partial charge is 0.394 e. The Labute approximate surface area is 107 Å². The molecule has 0 amide bonds. The van der Waals surface area contributed by atoms with Gasteiger partial charge in [-0.15, -0.1) is 0 Å². The molecule has 0 fully saturated rings. The standard InChI is InChI=1S/C13H20N4O/c1-10(9-18)16(3)13-11(8-14-2)17-7-5-4-6-12(17)15-13/h4-7,10,14,18H,8-9H2,1-3H3. The molecule has 0 radical (unpaired) electrons. The van der Waals surface area contributed by atoms with E-state index in [4.69, 9.17) is 0 Å². The highest BCUT2D eigenvalue weighted by atomic mass is 16.3. The second-order valence-electron chi connectivity index (χ2n) is 4.48. The van der Waals surface area contributed by atoms with E-state index < -0.39 is 0 Å². The molecule has 2 N–H and O–H groups in total. The quantitative estimate of drug-likeness (QED) is 0.824. The number of hydrogen-bond donors (Lipinski definition) is 2. The van der Waals surface area contributed by atoms with E-state index in [2.05, 4.69) is 14.7 Å². The monoisotopic (exact) mass is 248 g/mol. The zero-order valence-electron chi connectivity index (χ0n) is 11.1. The van der Waals surface area contributed by atoms with Crippen molar-refractivity contribution in [2.24, 2.45) is 0 Å². The Morgan fingerprint density at radius 3 is 2.94 bits per heavy atom. The highest BCUT2D eigenvalue weighted by Crippen LogP contribution is 2.22. The fourth-order valence-corrected chi connectivity index (χ4v) is 1.98. The first-order valence-corrected chi connectivity index (χ1v) is 6.13. The van der Waals surface area contributed by atoms with E-state index in [-0.39, 0.29) is 12.6 Å². The smallest absolute Gasteiger partial charge is 0.152 e. The molecule has 1 unspecified atom stereocenters. The molecule has 0 aromatic carbocycles. The van der Waals surface area contributed by atoms with E-state index in [9.17, 15) is 5.11 Å². The van der Waals surface area contributed by atoms with Gasteiger partial charge in [0.05, 0.1) is 18.3 Å². The molecule has 0 bridgehead atoms. The first-order chi connectivity index (χ1) is 8.69. The third-order valence-electron chi connectivity index (χ3n) is 3.21. The first-order valence-electron chi connectivity index (χ1n) is 6.13. The maximum Gasteiger partial charge on any atom is 0.152 e. The zero-order chi connectivity index (χ0) is 13.1. The summed E-state index contributed by atoms with van der Waals surface area (Å²) < 4.78 is 2.08. The first kappa shape index (κ1) is 12.9. The van der Waals surface area contributed by atoms with Crippen LogP contribution < -0.4 is 10.2 Å². The average molecular weight is 248 g/mol. The van der Waals surface area contributed by atoms with Crippen molar-refractivity contribution < 1.29 is 5.11 Å². The normalized spacial score (nSPS) is 12.9. The second-order valence-corrected chi connectivity index (χ2v) is 4.48. The van der Waals surface area contributed by atoms with Crippen LogP contribution in [-0.2, 0) is 6.54 Å². The zero-order valence-corrected chi connectivity index (χ0v) is 11.1. The summed E-state index contributed by atoms with van der Waals surface area (Å²) in [5.41, 5.74) is 2.03. The van der Waals surface area contributed by atoms with Gasteiger partial charge in [-0.25, -0.2) is 4.98 Å². The Balaban J connectivity index is 2.51. The summed E-state index contributed by atoms with van der Waals surface area (Å²) in [7, 11) is 3.88. The topological polar surface area (TPSA) is 52.8 Å². The van der Waals surface area contributed by atoms with Crippen LogP contribution in [0, 0.1) is 0 Å². The van der Waals surface area contributed by atoms with E-state index in [0.717, 1.165) is 23.7 Å². The number of pyridine rings is 1. The number of nitrogens with zero attached hydrogens (tertiary/aromatic N) is 3. The van der Waals surface area contributed by atoms with Gasteiger partial charge < -0.3 is 19.7 Å². The number of fused-ring (bicyclic) bond motifs is 1. The van der Waals surface area contributed by atoms with Crippen LogP contribution >= 0.6 is 0 Å². The summed E-state index contributed by atoms with van der Waals surface area (Å²) in [6.07, 6.45) is 2.01. The van der Waals surface area contributed by atoms with Gasteiger partial charge in [0, 0.05) is 19.8 Å². The van der Waals surface area contributed by atoms with E-state index in [1.807, 2.05) is 50.3 Å². The number of likely N-dealkylation sites (N-methyl/N-ethyl adjacent to an activating group) is 1. The lowest BCUT2D eigenvalue weighted by molar-refractivity contribution is 0.269. The maximum absolute atomic E-state index is 9.27. The van der Waals surface area contributed by atoms with Gasteiger partial charge in [-0.05, 0) is 26.1 Å². The Morgan fingerprint density at radius 2 is 2.28 bits per heavy atom. The van der Waals surface area contributed by atoms with Gasteiger partial charge in [-0.2, -0.15) is 0 Å². The number of aliphatic hydroxyl groups excluding tert-OH is 1. The fourth-order valence-electron chi connectivity index (χ4n) is 1.98. The lowest BCUT2D eigenvalue weighted by Crippen LogP contribution is -2.33. The third-order valence-corrected chi connectivity index (χ3v) is 3.21. The van der Waals surface area contributed by atoms with Crippen molar-refractivity contribution in [1.82, 2.24) is 14.7 Å². The van der Waals surface area contributed by atoms with Crippen molar-refractivity contribution >= 4 is 11.5 Å². The molecule has 98 valence electrons. The van der Waals surface area contributed by atoms with Crippen LogP contribution in [0.1, 0.15) is 12.6 Å². The Bertz CT molecular complexity index is 523. The molecule has 0 spiro atoms. The Hall–Kier alpha value is -1.59. The van der Waals surface area contributed by atoms with Crippen molar-refractivity contribution in [2.45, 2.75) is 19.5 Å². The summed E-state index contributed by atoms with van der Waals surface area (Å²) in [4.78, 5) is 6.65. The Morgan fingerprint density at radius 1 is 1.50 bits per heavy atom. The molecular weight excluding hydrogens is 228 g/mol. The minimum absolute atomic E-state index is 0.0468. The fraction of sp³-hybridized carbons (Fsp3) is 0.462. The minimum atomic E-state index is 0.0468. The molecule has 0 aliphatic rings. The van der Waals surface area contributed by atoms with Gasteiger partial charge in [0.1, 0.15) is 5.65 Å². The van der Waals surface area contributed by atoms with Crippen molar-refractivity contribution in [3.63, 3.8) is 0 Å². The van der Waals surface area contributed by atoms with Crippen molar-refractivity contribution in [2.75, 3.05) is 25.6 Å². The summed E-state index contributed by atoms with van der Waals surface area (Å²) >= 11 is 0. The highest BCUT2D eigenvalue weighted by molar-refractivity contribution is 5.56. The van der Waals surface area contributed by atoms with Crippen LogP contribution in [0.25, 0.3) is 5.65 Å². The number of imidazole rings is 1. The molecule has 2 aromatic rings. The maximum atomic E-state index is 9.27. The number of hydrogen-bond acceptors (Lipinski definition) is 4. The summed E-state index contributed by atoms with van der Waals surface area (Å²) in [5, 5.41) is 12.4. The molecule has 2 rings (SSSR count). The van der Waals surface area contributed by atoms with Gasteiger partial charge >= 0.3 is 0 Å². The lowest BCUT2D eigenvalue weighted by atomic mass is 10.3. The number of nitrogens with one attached hydrogen (secondary N) is 1. The van der Waals surface area contributed by atoms with Gasteiger partial charge in [0.15, 0.2) is 5.82 Å². The van der Waals surface area contributed by atoms with Gasteiger partial charge in [-0.1, -0.05) is 6.07 Å². The third kappa shape index (κ3) is 2.19. The van der Waals surface area contributed by atoms with Crippen LogP contribution in [0.4, 0.5) is 5.82 Å². The summed E-state index contributed by atoms with van der Waals surface area (Å²) in [6.45, 7) is 2.83. The molecule has 5 nitrogen and oxygen atoms in total. The number of anilines is 1. The highest BCUT2D eigenvalue weighted by Gasteiger charge is 2.18. The summed E-state index contributed by atoms with van der Waals surface area (Å²) in [5.74, 6) is 0.914. The molecule has 1 atom stereocenters. The van der Waals surface area contributed by atoms with E-state index >= 15 is 0 Å².